The summed E-state index contributed by atoms with van der Waals surface area (Å²) < 4.78 is 9.10. The van der Waals surface area contributed by atoms with Crippen LogP contribution in [0.25, 0.3) is 21.3 Å². The van der Waals surface area contributed by atoms with Crippen molar-refractivity contribution in [2.45, 2.75) is 20.4 Å². The van der Waals surface area contributed by atoms with Gasteiger partial charge in [0.1, 0.15) is 17.0 Å². The van der Waals surface area contributed by atoms with Crippen LogP contribution in [0.5, 0.6) is 5.75 Å². The highest BCUT2D eigenvalue weighted by Gasteiger charge is 2.25. The van der Waals surface area contributed by atoms with Crippen molar-refractivity contribution in [1.29, 1.82) is 0 Å². The number of nitrogens with zero attached hydrogens (tertiary/aromatic N) is 1. The van der Waals surface area contributed by atoms with Gasteiger partial charge in [0.2, 0.25) is 10.5 Å². The molecule has 114 valence electrons. The normalized spacial score (nSPS) is 11.1. The Morgan fingerprint density at radius 1 is 1.18 bits per heavy atom. The minimum Gasteiger partial charge on any atom is -0.496 e. The summed E-state index contributed by atoms with van der Waals surface area (Å²) >= 11 is 14.4. The van der Waals surface area contributed by atoms with Crippen LogP contribution in [0.3, 0.4) is 0 Å². The SMILES string of the molecule is CC[n+]1c(C)sc2ccc(OC)c(-c3cc(Cl)ccc3Cl)c21. The Kier molecular flexibility index (Phi) is 4.31. The van der Waals surface area contributed by atoms with Gasteiger partial charge in [-0.2, -0.15) is 4.57 Å². The van der Waals surface area contributed by atoms with E-state index in [9.17, 15) is 0 Å². The smallest absolute Gasteiger partial charge is 0.235 e. The maximum Gasteiger partial charge on any atom is 0.235 e. The van der Waals surface area contributed by atoms with Crippen molar-refractivity contribution in [3.63, 3.8) is 0 Å². The van der Waals surface area contributed by atoms with E-state index in [-0.39, 0.29) is 0 Å². The molecule has 0 bridgehead atoms. The van der Waals surface area contributed by atoms with Crippen molar-refractivity contribution in [3.8, 4) is 16.9 Å². The molecule has 1 heterocycles. The number of rotatable bonds is 3. The van der Waals surface area contributed by atoms with Gasteiger partial charge >= 0.3 is 0 Å². The monoisotopic (exact) mass is 352 g/mol. The molecule has 5 heteroatoms. The van der Waals surface area contributed by atoms with Gasteiger partial charge in [-0.05, 0) is 37.3 Å². The maximum absolute atomic E-state index is 6.44. The van der Waals surface area contributed by atoms with E-state index >= 15 is 0 Å². The summed E-state index contributed by atoms with van der Waals surface area (Å²) in [7, 11) is 1.68. The lowest BCUT2D eigenvalue weighted by Crippen LogP contribution is -2.33. The summed E-state index contributed by atoms with van der Waals surface area (Å²) in [6.07, 6.45) is 0. The molecule has 0 aliphatic carbocycles. The van der Waals surface area contributed by atoms with Crippen molar-refractivity contribution in [2.75, 3.05) is 7.11 Å². The second-order valence-electron chi connectivity index (χ2n) is 4.98. The second kappa shape index (κ2) is 6.07. The lowest BCUT2D eigenvalue weighted by molar-refractivity contribution is -0.669. The molecule has 0 atom stereocenters. The molecule has 0 spiro atoms. The van der Waals surface area contributed by atoms with E-state index < -0.39 is 0 Å². The quantitative estimate of drug-likeness (QED) is 0.567. The number of aryl methyl sites for hydroxylation is 2. The summed E-state index contributed by atoms with van der Waals surface area (Å²) in [5, 5.41) is 2.58. The van der Waals surface area contributed by atoms with Crippen LogP contribution in [0.2, 0.25) is 10.0 Å². The highest BCUT2D eigenvalue weighted by Crippen LogP contribution is 2.41. The Hall–Kier alpha value is -1.29. The second-order valence-corrected chi connectivity index (χ2v) is 7.06. The van der Waals surface area contributed by atoms with Gasteiger partial charge in [-0.1, -0.05) is 34.5 Å². The van der Waals surface area contributed by atoms with Crippen molar-refractivity contribution in [1.82, 2.24) is 0 Å². The molecule has 3 rings (SSSR count). The molecule has 0 amide bonds. The van der Waals surface area contributed by atoms with Crippen molar-refractivity contribution < 1.29 is 9.30 Å². The minimum absolute atomic E-state index is 0.661. The van der Waals surface area contributed by atoms with Gasteiger partial charge in [0, 0.05) is 22.5 Å². The van der Waals surface area contributed by atoms with E-state index in [1.54, 1.807) is 24.5 Å². The molecule has 0 saturated carbocycles. The first-order valence-corrected chi connectivity index (χ1v) is 8.59. The van der Waals surface area contributed by atoms with E-state index in [4.69, 9.17) is 27.9 Å². The summed E-state index contributed by atoms with van der Waals surface area (Å²) in [4.78, 5) is 0. The Balaban J connectivity index is 2.47. The first-order chi connectivity index (χ1) is 10.6. The van der Waals surface area contributed by atoms with Gasteiger partial charge in [0.05, 0.1) is 12.7 Å². The van der Waals surface area contributed by atoms with Crippen LogP contribution in [0.1, 0.15) is 11.9 Å². The maximum atomic E-state index is 6.44. The van der Waals surface area contributed by atoms with Gasteiger partial charge in [-0.15, -0.1) is 0 Å². The third-order valence-electron chi connectivity index (χ3n) is 3.74. The minimum atomic E-state index is 0.661. The van der Waals surface area contributed by atoms with Crippen LogP contribution in [0.4, 0.5) is 0 Å². The third-order valence-corrected chi connectivity index (χ3v) is 5.37. The molecule has 2 aromatic carbocycles. The number of methoxy groups -OCH3 is 1. The molecule has 1 aromatic heterocycles. The van der Waals surface area contributed by atoms with Gasteiger partial charge in [-0.3, -0.25) is 0 Å². The summed E-state index contributed by atoms with van der Waals surface area (Å²) in [5.41, 5.74) is 3.05. The fourth-order valence-corrected chi connectivity index (χ4v) is 4.25. The molecular formula is C17H16Cl2NOS+. The van der Waals surface area contributed by atoms with Crippen LogP contribution in [-0.2, 0) is 6.54 Å². The largest absolute Gasteiger partial charge is 0.496 e. The third kappa shape index (κ3) is 2.47. The van der Waals surface area contributed by atoms with Crippen LogP contribution in [0.15, 0.2) is 30.3 Å². The topological polar surface area (TPSA) is 13.1 Å². The number of hydrogen-bond acceptors (Lipinski definition) is 2. The zero-order valence-electron chi connectivity index (χ0n) is 12.6. The molecule has 0 aliphatic heterocycles. The fraction of sp³-hybridized carbons (Fsp3) is 0.235. The highest BCUT2D eigenvalue weighted by molar-refractivity contribution is 7.18. The van der Waals surface area contributed by atoms with Crippen molar-refractivity contribution in [3.05, 3.63) is 45.4 Å². The number of hydrogen-bond donors (Lipinski definition) is 0. The number of fused-ring (bicyclic) bond motifs is 1. The molecule has 0 fully saturated rings. The Labute approximate surface area is 143 Å². The fourth-order valence-electron chi connectivity index (χ4n) is 2.78. The summed E-state index contributed by atoms with van der Waals surface area (Å²) in [6, 6.07) is 9.61. The molecule has 0 aliphatic rings. The van der Waals surface area contributed by atoms with Gasteiger partial charge in [-0.25, -0.2) is 0 Å². The first-order valence-electron chi connectivity index (χ1n) is 7.02. The first kappa shape index (κ1) is 15.6. The molecular weight excluding hydrogens is 337 g/mol. The predicted molar refractivity (Wildman–Crippen MR) is 94.4 cm³/mol. The lowest BCUT2D eigenvalue weighted by atomic mass is 10.0. The number of benzene rings is 2. The summed E-state index contributed by atoms with van der Waals surface area (Å²) in [5.74, 6) is 0.802. The number of thiazole rings is 1. The number of halogens is 2. The van der Waals surface area contributed by atoms with Crippen molar-refractivity contribution in [2.24, 2.45) is 0 Å². The molecule has 0 N–H and O–H groups in total. The Bertz CT molecular complexity index is 857. The zero-order chi connectivity index (χ0) is 15.9. The van der Waals surface area contributed by atoms with Gasteiger partial charge in [0.15, 0.2) is 0 Å². The van der Waals surface area contributed by atoms with Crippen LogP contribution < -0.4 is 9.30 Å². The average molecular weight is 353 g/mol. The number of ether oxygens (including phenoxy) is 1. The van der Waals surface area contributed by atoms with E-state index in [1.165, 1.54) is 9.71 Å². The van der Waals surface area contributed by atoms with Crippen LogP contribution >= 0.6 is 34.5 Å². The zero-order valence-corrected chi connectivity index (χ0v) is 14.9. The summed E-state index contributed by atoms with van der Waals surface area (Å²) in [6.45, 7) is 5.16. The van der Waals surface area contributed by atoms with E-state index in [2.05, 4.69) is 24.5 Å². The Morgan fingerprint density at radius 2 is 1.95 bits per heavy atom. The van der Waals surface area contributed by atoms with Crippen LogP contribution in [-0.4, -0.2) is 7.11 Å². The predicted octanol–water partition coefficient (Wildman–Crippen LogP) is 5.50. The van der Waals surface area contributed by atoms with Crippen LogP contribution in [0, 0.1) is 6.92 Å². The molecule has 0 saturated heterocycles. The molecule has 22 heavy (non-hydrogen) atoms. The molecule has 0 unspecified atom stereocenters. The molecule has 3 aromatic rings. The van der Waals surface area contributed by atoms with E-state index in [0.29, 0.717) is 10.0 Å². The highest BCUT2D eigenvalue weighted by atomic mass is 35.5. The Morgan fingerprint density at radius 3 is 2.64 bits per heavy atom. The molecule has 0 radical (unpaired) electrons. The average Bonchev–Trinajstić information content (AvgIpc) is 2.84. The van der Waals surface area contributed by atoms with Gasteiger partial charge in [0.25, 0.3) is 0 Å². The van der Waals surface area contributed by atoms with Crippen molar-refractivity contribution >= 4 is 44.8 Å². The standard InChI is InChI=1S/C17H16Cl2NOS/c1-4-20-10(2)22-15-8-7-14(21-3)16(17(15)20)12-9-11(18)5-6-13(12)19/h5-9H,4H2,1-3H3/q+1. The van der Waals surface area contributed by atoms with Gasteiger partial charge < -0.3 is 4.74 Å². The molecule has 2 nitrogen and oxygen atoms in total. The number of aromatic nitrogens is 1. The van der Waals surface area contributed by atoms with E-state index in [0.717, 1.165) is 28.9 Å². The lowest BCUT2D eigenvalue weighted by Gasteiger charge is -2.10. The van der Waals surface area contributed by atoms with E-state index in [1.807, 2.05) is 18.2 Å².